The van der Waals surface area contributed by atoms with E-state index >= 15 is 0 Å². The van der Waals surface area contributed by atoms with Gasteiger partial charge in [0.05, 0.1) is 40.3 Å². The second-order valence-electron chi connectivity index (χ2n) is 12.2. The van der Waals surface area contributed by atoms with E-state index in [4.69, 9.17) is 14.2 Å². The van der Waals surface area contributed by atoms with Gasteiger partial charge in [-0.3, -0.25) is 9.59 Å². The highest BCUT2D eigenvalue weighted by molar-refractivity contribution is 5.86. The predicted molar refractivity (Wildman–Crippen MR) is 161 cm³/mol. The molecule has 0 saturated carbocycles. The SMILES string of the molecule is COC(=O)CC1(CC2(CC3(CC(=O)OC)c4ccccc4-c4ccccc43)COC2)c2ccccc2-c2ccccc21. The van der Waals surface area contributed by atoms with E-state index in [-0.39, 0.29) is 30.2 Å². The Morgan fingerprint density at radius 1 is 0.571 bits per heavy atom. The first-order valence-corrected chi connectivity index (χ1v) is 14.6. The van der Waals surface area contributed by atoms with Gasteiger partial charge in [0.15, 0.2) is 0 Å². The summed E-state index contributed by atoms with van der Waals surface area (Å²) in [5.41, 5.74) is 7.76. The van der Waals surface area contributed by atoms with Gasteiger partial charge in [-0.25, -0.2) is 0 Å². The molecule has 1 aliphatic heterocycles. The number of esters is 2. The van der Waals surface area contributed by atoms with Crippen molar-refractivity contribution in [3.05, 3.63) is 119 Å². The normalized spacial score (nSPS) is 17.7. The molecule has 4 aromatic carbocycles. The van der Waals surface area contributed by atoms with Crippen molar-refractivity contribution < 1.29 is 23.8 Å². The molecule has 0 spiro atoms. The molecule has 0 radical (unpaired) electrons. The lowest BCUT2D eigenvalue weighted by Crippen LogP contribution is -2.52. The van der Waals surface area contributed by atoms with Gasteiger partial charge in [-0.15, -0.1) is 0 Å². The number of methoxy groups -OCH3 is 2. The highest BCUT2D eigenvalue weighted by atomic mass is 16.5. The molecule has 0 atom stereocenters. The van der Waals surface area contributed by atoms with E-state index in [1.807, 2.05) is 0 Å². The maximum absolute atomic E-state index is 13.2. The number of rotatable bonds is 8. The van der Waals surface area contributed by atoms with Crippen LogP contribution in [0.3, 0.4) is 0 Å². The third-order valence-electron chi connectivity index (χ3n) is 9.87. The lowest BCUT2D eigenvalue weighted by molar-refractivity contribution is -0.151. The largest absolute Gasteiger partial charge is 0.469 e. The summed E-state index contributed by atoms with van der Waals surface area (Å²) >= 11 is 0. The summed E-state index contributed by atoms with van der Waals surface area (Å²) in [4.78, 5) is 26.4. The van der Waals surface area contributed by atoms with Crippen LogP contribution in [0.15, 0.2) is 97.1 Å². The van der Waals surface area contributed by atoms with Crippen LogP contribution < -0.4 is 0 Å². The molecule has 1 saturated heterocycles. The van der Waals surface area contributed by atoms with Gasteiger partial charge < -0.3 is 14.2 Å². The molecule has 42 heavy (non-hydrogen) atoms. The Balaban J connectivity index is 1.41. The zero-order valence-electron chi connectivity index (χ0n) is 24.0. The molecule has 1 fully saturated rings. The van der Waals surface area contributed by atoms with Crippen molar-refractivity contribution in [2.45, 2.75) is 36.5 Å². The lowest BCUT2D eigenvalue weighted by Gasteiger charge is -2.51. The molecular formula is C37H34O5. The zero-order chi connectivity index (χ0) is 29.0. The monoisotopic (exact) mass is 558 g/mol. The van der Waals surface area contributed by atoms with Crippen LogP contribution in [0.5, 0.6) is 0 Å². The molecule has 0 amide bonds. The first-order chi connectivity index (χ1) is 20.5. The van der Waals surface area contributed by atoms with Crippen molar-refractivity contribution in [1.29, 1.82) is 0 Å². The number of carbonyl (C=O) groups excluding carboxylic acids is 2. The molecule has 2 aliphatic carbocycles. The van der Waals surface area contributed by atoms with Crippen LogP contribution in [-0.4, -0.2) is 39.4 Å². The fraction of sp³-hybridized carbons (Fsp3) is 0.297. The summed E-state index contributed by atoms with van der Waals surface area (Å²) in [5, 5.41) is 0. The number of fused-ring (bicyclic) bond motifs is 6. The van der Waals surface area contributed by atoms with Gasteiger partial charge >= 0.3 is 11.9 Å². The van der Waals surface area contributed by atoms with E-state index in [9.17, 15) is 9.59 Å². The summed E-state index contributed by atoms with van der Waals surface area (Å²) in [7, 11) is 2.92. The molecule has 1 heterocycles. The molecule has 4 aromatic rings. The van der Waals surface area contributed by atoms with Crippen LogP contribution in [-0.2, 0) is 34.6 Å². The van der Waals surface area contributed by atoms with Crippen LogP contribution >= 0.6 is 0 Å². The Kier molecular flexibility index (Phi) is 6.32. The number of carbonyl (C=O) groups is 2. The molecule has 7 rings (SSSR count). The Morgan fingerprint density at radius 2 is 0.881 bits per heavy atom. The van der Waals surface area contributed by atoms with E-state index in [0.29, 0.717) is 26.1 Å². The van der Waals surface area contributed by atoms with Crippen molar-refractivity contribution >= 4 is 11.9 Å². The van der Waals surface area contributed by atoms with E-state index < -0.39 is 10.8 Å². The Hall–Kier alpha value is -4.22. The molecule has 0 N–H and O–H groups in total. The Morgan fingerprint density at radius 3 is 1.14 bits per heavy atom. The van der Waals surface area contributed by atoms with Crippen molar-refractivity contribution in [2.24, 2.45) is 5.41 Å². The quantitative estimate of drug-likeness (QED) is 0.222. The van der Waals surface area contributed by atoms with Crippen LogP contribution in [0.2, 0.25) is 0 Å². The first-order valence-electron chi connectivity index (χ1n) is 14.6. The lowest BCUT2D eigenvalue weighted by atomic mass is 9.57. The zero-order valence-corrected chi connectivity index (χ0v) is 24.0. The summed E-state index contributed by atoms with van der Waals surface area (Å²) in [6, 6.07) is 33.7. The minimum Gasteiger partial charge on any atom is -0.469 e. The van der Waals surface area contributed by atoms with Gasteiger partial charge in [0.25, 0.3) is 0 Å². The fourth-order valence-electron chi connectivity index (χ4n) is 8.29. The third kappa shape index (κ3) is 3.87. The maximum Gasteiger partial charge on any atom is 0.306 e. The van der Waals surface area contributed by atoms with E-state index in [0.717, 1.165) is 44.5 Å². The van der Waals surface area contributed by atoms with Gasteiger partial charge in [0.2, 0.25) is 0 Å². The van der Waals surface area contributed by atoms with E-state index in [2.05, 4.69) is 97.1 Å². The highest BCUT2D eigenvalue weighted by Crippen LogP contribution is 2.62. The Bertz CT molecular complexity index is 1490. The smallest absolute Gasteiger partial charge is 0.306 e. The minimum absolute atomic E-state index is 0.233. The molecule has 0 unspecified atom stereocenters. The average Bonchev–Trinajstić information content (AvgIpc) is 3.43. The summed E-state index contributed by atoms with van der Waals surface area (Å²) in [6.07, 6.45) is 1.85. The van der Waals surface area contributed by atoms with Crippen molar-refractivity contribution in [3.8, 4) is 22.3 Å². The highest BCUT2D eigenvalue weighted by Gasteiger charge is 2.57. The summed E-state index contributed by atoms with van der Waals surface area (Å²) < 4.78 is 16.7. The Labute approximate surface area is 246 Å². The first kappa shape index (κ1) is 26.7. The van der Waals surface area contributed by atoms with E-state index in [1.165, 1.54) is 14.2 Å². The van der Waals surface area contributed by atoms with Gasteiger partial charge in [0, 0.05) is 16.2 Å². The second-order valence-corrected chi connectivity index (χ2v) is 12.2. The minimum atomic E-state index is -0.589. The van der Waals surface area contributed by atoms with Gasteiger partial charge in [-0.1, -0.05) is 97.1 Å². The standard InChI is InChI=1S/C37H34O5/c1-40-33(38)19-36(29-15-7-3-11-25(29)26-12-4-8-16-30(26)36)21-35(23-42-24-35)22-37(20-34(39)41-2)31-17-9-5-13-27(31)28-14-6-10-18-32(28)37/h3-18H,19-24H2,1-2H3. The topological polar surface area (TPSA) is 61.8 Å². The fourth-order valence-corrected chi connectivity index (χ4v) is 8.29. The molecule has 5 heteroatoms. The van der Waals surface area contributed by atoms with Crippen LogP contribution in [0.4, 0.5) is 0 Å². The van der Waals surface area contributed by atoms with Gasteiger partial charge in [-0.05, 0) is 57.3 Å². The number of benzene rings is 4. The molecule has 3 aliphatic rings. The van der Waals surface area contributed by atoms with Gasteiger partial charge in [-0.2, -0.15) is 0 Å². The van der Waals surface area contributed by atoms with Gasteiger partial charge in [0.1, 0.15) is 0 Å². The third-order valence-corrected chi connectivity index (χ3v) is 9.87. The molecule has 0 bridgehead atoms. The molecule has 0 aromatic heterocycles. The van der Waals surface area contributed by atoms with Crippen LogP contribution in [0, 0.1) is 5.41 Å². The van der Waals surface area contributed by atoms with Crippen molar-refractivity contribution in [3.63, 3.8) is 0 Å². The molecular weight excluding hydrogens is 524 g/mol. The predicted octanol–water partition coefficient (Wildman–Crippen LogP) is 6.84. The number of ether oxygens (including phenoxy) is 3. The number of hydrogen-bond donors (Lipinski definition) is 0. The summed E-state index contributed by atoms with van der Waals surface area (Å²) in [5.74, 6) is -0.476. The average molecular weight is 559 g/mol. The molecule has 212 valence electrons. The summed E-state index contributed by atoms with van der Waals surface area (Å²) in [6.45, 7) is 1.10. The second kappa shape index (κ2) is 9.95. The number of hydrogen-bond acceptors (Lipinski definition) is 5. The van der Waals surface area contributed by atoms with Crippen molar-refractivity contribution in [2.75, 3.05) is 27.4 Å². The van der Waals surface area contributed by atoms with Crippen LogP contribution in [0.25, 0.3) is 22.3 Å². The molecule has 5 nitrogen and oxygen atoms in total. The van der Waals surface area contributed by atoms with Crippen LogP contribution in [0.1, 0.15) is 47.9 Å². The van der Waals surface area contributed by atoms with Crippen molar-refractivity contribution in [1.82, 2.24) is 0 Å². The van der Waals surface area contributed by atoms with E-state index in [1.54, 1.807) is 0 Å². The maximum atomic E-state index is 13.2.